The van der Waals surface area contributed by atoms with E-state index in [4.69, 9.17) is 9.47 Å². The number of H-pyrrole nitrogens is 1. The highest BCUT2D eigenvalue weighted by Crippen LogP contribution is 2.30. The number of carbonyl (C=O) groups excluding carboxylic acids is 1. The number of rotatable bonds is 6. The number of anilines is 2. The van der Waals surface area contributed by atoms with Gasteiger partial charge in [-0.2, -0.15) is 0 Å². The highest BCUT2D eigenvalue weighted by molar-refractivity contribution is 5.84. The quantitative estimate of drug-likeness (QED) is 0.363. The van der Waals surface area contributed by atoms with Gasteiger partial charge in [0.1, 0.15) is 23.4 Å². The van der Waals surface area contributed by atoms with E-state index < -0.39 is 5.60 Å². The summed E-state index contributed by atoms with van der Waals surface area (Å²) in [6.45, 7) is 10.7. The van der Waals surface area contributed by atoms with Gasteiger partial charge in [0.05, 0.1) is 24.3 Å². The number of aromatic amines is 1. The lowest BCUT2D eigenvalue weighted by Gasteiger charge is -2.38. The minimum absolute atomic E-state index is 0.162. The molecule has 5 rings (SSSR count). The van der Waals surface area contributed by atoms with Crippen LogP contribution in [-0.4, -0.2) is 79.7 Å². The van der Waals surface area contributed by atoms with Crippen molar-refractivity contribution >= 4 is 28.9 Å². The van der Waals surface area contributed by atoms with Gasteiger partial charge in [0, 0.05) is 44.0 Å². The molecule has 1 saturated heterocycles. The van der Waals surface area contributed by atoms with E-state index in [1.807, 2.05) is 51.1 Å². The molecule has 11 heteroatoms. The average molecular weight is 531 g/mol. The third-order valence-electron chi connectivity index (χ3n) is 6.68. The third kappa shape index (κ3) is 6.09. The van der Waals surface area contributed by atoms with Gasteiger partial charge in [-0.3, -0.25) is 4.90 Å². The second kappa shape index (κ2) is 10.9. The number of fused-ring (bicyclic) bond motifs is 1. The minimum atomic E-state index is -0.492. The fraction of sp³-hybridized carbons (Fsp3) is 0.393. The zero-order chi connectivity index (χ0) is 27.6. The van der Waals surface area contributed by atoms with E-state index in [0.717, 1.165) is 35.2 Å². The van der Waals surface area contributed by atoms with E-state index in [1.165, 1.54) is 6.33 Å². The van der Waals surface area contributed by atoms with Crippen molar-refractivity contribution < 1.29 is 14.3 Å². The Labute approximate surface area is 227 Å². The summed E-state index contributed by atoms with van der Waals surface area (Å²) in [5.41, 5.74) is 3.94. The van der Waals surface area contributed by atoms with Gasteiger partial charge in [-0.15, -0.1) is 0 Å². The van der Waals surface area contributed by atoms with E-state index in [9.17, 15) is 4.79 Å². The maximum atomic E-state index is 12.4. The first-order valence-corrected chi connectivity index (χ1v) is 13.0. The zero-order valence-electron chi connectivity index (χ0n) is 22.9. The van der Waals surface area contributed by atoms with Gasteiger partial charge in [-0.1, -0.05) is 6.07 Å². The molecule has 1 aliphatic heterocycles. The molecule has 1 aliphatic rings. The molecule has 2 N–H and O–H groups in total. The van der Waals surface area contributed by atoms with Crippen LogP contribution < -0.4 is 10.1 Å². The molecular formula is C28H34N8O3. The molecule has 1 atom stereocenters. The molecule has 0 aliphatic carbocycles. The zero-order valence-corrected chi connectivity index (χ0v) is 22.9. The fourth-order valence-electron chi connectivity index (χ4n) is 4.62. The van der Waals surface area contributed by atoms with Crippen molar-refractivity contribution in [3.05, 3.63) is 54.6 Å². The molecule has 1 fully saturated rings. The van der Waals surface area contributed by atoms with Gasteiger partial charge in [-0.05, 0) is 57.5 Å². The summed E-state index contributed by atoms with van der Waals surface area (Å²) in [6, 6.07) is 10.1. The van der Waals surface area contributed by atoms with E-state index in [-0.39, 0.29) is 12.1 Å². The van der Waals surface area contributed by atoms with Crippen molar-refractivity contribution in [1.29, 1.82) is 0 Å². The van der Waals surface area contributed by atoms with Gasteiger partial charge in [-0.25, -0.2) is 24.7 Å². The normalized spacial score (nSPS) is 15.3. The smallest absolute Gasteiger partial charge is 0.410 e. The molecule has 0 bridgehead atoms. The molecule has 1 amide bonds. The lowest BCUT2D eigenvalue weighted by molar-refractivity contribution is 0.0110. The second-order valence-electron chi connectivity index (χ2n) is 10.5. The summed E-state index contributed by atoms with van der Waals surface area (Å²) >= 11 is 0. The Balaban J connectivity index is 1.25. The molecule has 39 heavy (non-hydrogen) atoms. The number of hydrogen-bond acceptors (Lipinski definition) is 9. The molecule has 1 aromatic carbocycles. The number of aromatic nitrogens is 5. The lowest BCUT2D eigenvalue weighted by atomic mass is 10.1. The Hall–Kier alpha value is -4.25. The van der Waals surface area contributed by atoms with Crippen LogP contribution in [0, 0.1) is 0 Å². The number of carbonyl (C=O) groups is 1. The van der Waals surface area contributed by atoms with Crippen LogP contribution in [0.15, 0.2) is 49.1 Å². The molecule has 0 radical (unpaired) electrons. The SMILES string of the molecule is COc1cncnc1-c1ccc2nc(Nc3cc(C(C)N4CCN(C(=O)OC(C)(C)C)CC4)ccn3)[nH]c2c1. The van der Waals surface area contributed by atoms with E-state index in [2.05, 4.69) is 42.1 Å². The van der Waals surface area contributed by atoms with Gasteiger partial charge in [0.2, 0.25) is 5.95 Å². The molecule has 11 nitrogen and oxygen atoms in total. The first-order chi connectivity index (χ1) is 18.7. The second-order valence-corrected chi connectivity index (χ2v) is 10.5. The number of benzene rings is 1. The molecule has 4 aromatic rings. The molecule has 1 unspecified atom stereocenters. The van der Waals surface area contributed by atoms with Crippen molar-refractivity contribution in [1.82, 2.24) is 34.7 Å². The highest BCUT2D eigenvalue weighted by Gasteiger charge is 2.28. The number of nitrogens with one attached hydrogen (secondary N) is 2. The van der Waals surface area contributed by atoms with Crippen LogP contribution in [-0.2, 0) is 4.74 Å². The monoisotopic (exact) mass is 530 g/mol. The summed E-state index contributed by atoms with van der Waals surface area (Å²) in [7, 11) is 1.60. The predicted molar refractivity (Wildman–Crippen MR) is 149 cm³/mol. The third-order valence-corrected chi connectivity index (χ3v) is 6.68. The Bertz CT molecular complexity index is 1460. The van der Waals surface area contributed by atoms with Crippen LogP contribution in [0.1, 0.15) is 39.3 Å². The molecular weight excluding hydrogens is 496 g/mol. The minimum Gasteiger partial charge on any atom is -0.493 e. The van der Waals surface area contributed by atoms with Crippen molar-refractivity contribution in [2.45, 2.75) is 39.3 Å². The number of hydrogen-bond donors (Lipinski definition) is 2. The van der Waals surface area contributed by atoms with Crippen LogP contribution >= 0.6 is 0 Å². The number of imidazole rings is 1. The summed E-state index contributed by atoms with van der Waals surface area (Å²) in [6.07, 6.45) is 4.70. The summed E-state index contributed by atoms with van der Waals surface area (Å²) < 4.78 is 10.9. The van der Waals surface area contributed by atoms with Crippen molar-refractivity contribution in [2.24, 2.45) is 0 Å². The fourth-order valence-corrected chi connectivity index (χ4v) is 4.62. The number of ether oxygens (including phenoxy) is 2. The maximum absolute atomic E-state index is 12.4. The highest BCUT2D eigenvalue weighted by atomic mass is 16.6. The van der Waals surface area contributed by atoms with Crippen LogP contribution in [0.25, 0.3) is 22.3 Å². The van der Waals surface area contributed by atoms with Crippen LogP contribution in [0.4, 0.5) is 16.6 Å². The van der Waals surface area contributed by atoms with Crippen LogP contribution in [0.2, 0.25) is 0 Å². The van der Waals surface area contributed by atoms with Crippen molar-refractivity contribution in [2.75, 3.05) is 38.6 Å². The van der Waals surface area contributed by atoms with Gasteiger partial charge in [0.15, 0.2) is 5.75 Å². The van der Waals surface area contributed by atoms with Crippen LogP contribution in [0.3, 0.4) is 0 Å². The first kappa shape index (κ1) is 26.4. The first-order valence-electron chi connectivity index (χ1n) is 13.0. The van der Waals surface area contributed by atoms with Crippen molar-refractivity contribution in [3.63, 3.8) is 0 Å². The predicted octanol–water partition coefficient (Wildman–Crippen LogP) is 4.78. The van der Waals surface area contributed by atoms with Crippen molar-refractivity contribution in [3.8, 4) is 17.0 Å². The van der Waals surface area contributed by atoms with E-state index >= 15 is 0 Å². The Morgan fingerprint density at radius 2 is 1.90 bits per heavy atom. The summed E-state index contributed by atoms with van der Waals surface area (Å²) in [5.74, 6) is 1.90. The largest absolute Gasteiger partial charge is 0.493 e. The molecule has 0 spiro atoms. The number of piperazine rings is 1. The number of methoxy groups -OCH3 is 1. The summed E-state index contributed by atoms with van der Waals surface area (Å²) in [5, 5.41) is 3.30. The Kier molecular flexibility index (Phi) is 7.34. The van der Waals surface area contributed by atoms with Gasteiger partial charge in [0.25, 0.3) is 0 Å². The van der Waals surface area contributed by atoms with Gasteiger partial charge < -0.3 is 24.7 Å². The molecule has 0 saturated carbocycles. The standard InChI is InChI=1S/C28H34N8O3/c1-18(35-10-12-36(13-11-35)27(37)39-28(2,3)4)19-8-9-30-24(15-19)34-26-32-21-7-6-20(14-22(21)33-26)25-23(38-5)16-29-17-31-25/h6-9,14-18H,10-13H2,1-5H3,(H2,30,32,33,34). The molecule has 204 valence electrons. The number of pyridine rings is 1. The Morgan fingerprint density at radius 3 is 2.64 bits per heavy atom. The summed E-state index contributed by atoms with van der Waals surface area (Å²) in [4.78, 5) is 37.4. The van der Waals surface area contributed by atoms with E-state index in [1.54, 1.807) is 24.4 Å². The Morgan fingerprint density at radius 1 is 1.10 bits per heavy atom. The topological polar surface area (TPSA) is 121 Å². The van der Waals surface area contributed by atoms with Crippen LogP contribution in [0.5, 0.6) is 5.75 Å². The molecule has 3 aromatic heterocycles. The maximum Gasteiger partial charge on any atom is 0.410 e. The average Bonchev–Trinajstić information content (AvgIpc) is 3.33. The van der Waals surface area contributed by atoms with Gasteiger partial charge >= 0.3 is 6.09 Å². The number of amides is 1. The molecule has 4 heterocycles. The van der Waals surface area contributed by atoms with E-state index in [0.29, 0.717) is 36.3 Å². The lowest BCUT2D eigenvalue weighted by Crippen LogP contribution is -2.50. The number of nitrogens with zero attached hydrogens (tertiary/aromatic N) is 6.